The fraction of sp³-hybridized carbons (Fsp3) is 0.500. The van der Waals surface area contributed by atoms with Gasteiger partial charge < -0.3 is 5.11 Å². The van der Waals surface area contributed by atoms with Crippen molar-refractivity contribution in [3.8, 4) is 0 Å². The van der Waals surface area contributed by atoms with E-state index in [4.69, 9.17) is 5.11 Å². The minimum atomic E-state index is 0.0118. The summed E-state index contributed by atoms with van der Waals surface area (Å²) in [5.74, 6) is 0.137. The Bertz CT molecular complexity index is 323. The molecule has 0 radical (unpaired) electrons. The van der Waals surface area contributed by atoms with E-state index in [1.165, 1.54) is 11.3 Å². The third-order valence-corrected chi connectivity index (χ3v) is 3.82. The summed E-state index contributed by atoms with van der Waals surface area (Å²) in [6.45, 7) is 3.35. The van der Waals surface area contributed by atoms with Crippen molar-refractivity contribution < 1.29 is 9.90 Å². The van der Waals surface area contributed by atoms with Crippen molar-refractivity contribution in [2.24, 2.45) is 0 Å². The molecular weight excluding hydrogens is 278 g/mol. The van der Waals surface area contributed by atoms with Crippen LogP contribution in [0.5, 0.6) is 0 Å². The van der Waals surface area contributed by atoms with Gasteiger partial charge in [-0.1, -0.05) is 6.92 Å². The molecule has 1 rings (SSSR count). The Kier molecular flexibility index (Phi) is 5.45. The Morgan fingerprint density at radius 3 is 2.80 bits per heavy atom. The minimum absolute atomic E-state index is 0.0118. The van der Waals surface area contributed by atoms with Crippen molar-refractivity contribution in [1.29, 1.82) is 0 Å². The Morgan fingerprint density at radius 1 is 1.60 bits per heavy atom. The number of aliphatic hydroxyl groups excluding tert-OH is 1. The molecule has 0 saturated heterocycles. The second-order valence-electron chi connectivity index (χ2n) is 3.13. The summed E-state index contributed by atoms with van der Waals surface area (Å²) in [5.41, 5.74) is 0. The van der Waals surface area contributed by atoms with E-state index in [9.17, 15) is 4.79 Å². The van der Waals surface area contributed by atoms with E-state index in [2.05, 4.69) is 15.9 Å². The van der Waals surface area contributed by atoms with Crippen LogP contribution in [0.4, 0.5) is 0 Å². The third kappa shape index (κ3) is 4.03. The lowest BCUT2D eigenvalue weighted by atomic mass is 10.2. The van der Waals surface area contributed by atoms with Gasteiger partial charge in [-0.15, -0.1) is 11.3 Å². The lowest BCUT2D eigenvalue weighted by Gasteiger charge is -2.15. The molecule has 15 heavy (non-hydrogen) atoms. The van der Waals surface area contributed by atoms with E-state index < -0.39 is 0 Å². The maximum absolute atomic E-state index is 11.7. The predicted molar refractivity (Wildman–Crippen MR) is 65.3 cm³/mol. The zero-order chi connectivity index (χ0) is 11.3. The quantitative estimate of drug-likeness (QED) is 0.646. The first-order valence-electron chi connectivity index (χ1n) is 4.79. The molecular formula is C10H14BrNO2S. The average molecular weight is 292 g/mol. The number of carbonyl (C=O) groups is 1. The number of thiophene rings is 1. The number of hydrogen-bond donors (Lipinski definition) is 1. The van der Waals surface area contributed by atoms with Gasteiger partial charge in [0.1, 0.15) is 0 Å². The lowest BCUT2D eigenvalue weighted by Crippen LogP contribution is -2.26. The molecule has 5 heteroatoms. The second kappa shape index (κ2) is 6.37. The zero-order valence-corrected chi connectivity index (χ0v) is 11.0. The van der Waals surface area contributed by atoms with Crippen molar-refractivity contribution in [2.75, 3.05) is 19.8 Å². The number of halogens is 1. The van der Waals surface area contributed by atoms with Gasteiger partial charge in [0.2, 0.25) is 0 Å². The molecule has 0 amide bonds. The van der Waals surface area contributed by atoms with E-state index >= 15 is 0 Å². The van der Waals surface area contributed by atoms with Crippen molar-refractivity contribution in [3.63, 3.8) is 0 Å². The standard InChI is InChI=1S/C10H14BrNO2S/c1-2-12(7-13)6-5-8(14)9-3-4-10(11)15-9/h3-4,13H,2,5-7H2,1H3. The molecule has 1 aromatic rings. The van der Waals surface area contributed by atoms with Crippen LogP contribution in [0.25, 0.3) is 0 Å². The minimum Gasteiger partial charge on any atom is -0.381 e. The summed E-state index contributed by atoms with van der Waals surface area (Å²) in [7, 11) is 0. The lowest BCUT2D eigenvalue weighted by molar-refractivity contribution is 0.0890. The van der Waals surface area contributed by atoms with Crippen molar-refractivity contribution in [1.82, 2.24) is 4.90 Å². The highest BCUT2D eigenvalue weighted by Crippen LogP contribution is 2.23. The van der Waals surface area contributed by atoms with Crippen LogP contribution in [0, 0.1) is 0 Å². The highest BCUT2D eigenvalue weighted by molar-refractivity contribution is 9.11. The Balaban J connectivity index is 2.42. The van der Waals surface area contributed by atoms with Crippen LogP contribution in [0.1, 0.15) is 23.0 Å². The van der Waals surface area contributed by atoms with Gasteiger partial charge in [0.25, 0.3) is 0 Å². The fourth-order valence-corrected chi connectivity index (χ4v) is 2.53. The van der Waals surface area contributed by atoms with E-state index in [0.29, 0.717) is 13.0 Å². The number of nitrogens with zero attached hydrogens (tertiary/aromatic N) is 1. The molecule has 1 heterocycles. The highest BCUT2D eigenvalue weighted by Gasteiger charge is 2.10. The van der Waals surface area contributed by atoms with Crippen LogP contribution < -0.4 is 0 Å². The largest absolute Gasteiger partial charge is 0.381 e. The zero-order valence-electron chi connectivity index (χ0n) is 8.57. The molecule has 0 bridgehead atoms. The topological polar surface area (TPSA) is 40.5 Å². The summed E-state index contributed by atoms with van der Waals surface area (Å²) in [4.78, 5) is 14.3. The van der Waals surface area contributed by atoms with Gasteiger partial charge in [0.15, 0.2) is 5.78 Å². The Hall–Kier alpha value is -0.230. The van der Waals surface area contributed by atoms with Gasteiger partial charge in [-0.3, -0.25) is 9.69 Å². The molecule has 1 aromatic heterocycles. The summed E-state index contributed by atoms with van der Waals surface area (Å²) in [6, 6.07) is 3.70. The summed E-state index contributed by atoms with van der Waals surface area (Å²) in [6.07, 6.45) is 0.460. The SMILES string of the molecule is CCN(CO)CCC(=O)c1ccc(Br)s1. The van der Waals surface area contributed by atoms with E-state index in [1.54, 1.807) is 0 Å². The number of rotatable bonds is 6. The van der Waals surface area contributed by atoms with E-state index in [1.807, 2.05) is 24.0 Å². The van der Waals surface area contributed by atoms with Crippen LogP contribution in [0.15, 0.2) is 15.9 Å². The van der Waals surface area contributed by atoms with Crippen LogP contribution in [0.3, 0.4) is 0 Å². The molecule has 0 saturated carbocycles. The van der Waals surface area contributed by atoms with Gasteiger partial charge in [-0.05, 0) is 34.6 Å². The Morgan fingerprint density at radius 2 is 2.33 bits per heavy atom. The maximum Gasteiger partial charge on any atom is 0.174 e. The third-order valence-electron chi connectivity index (χ3n) is 2.15. The van der Waals surface area contributed by atoms with Crippen molar-refractivity contribution in [3.05, 3.63) is 20.8 Å². The van der Waals surface area contributed by atoms with Gasteiger partial charge in [-0.2, -0.15) is 0 Å². The average Bonchev–Trinajstić information content (AvgIpc) is 2.66. The summed E-state index contributed by atoms with van der Waals surface area (Å²) < 4.78 is 0.973. The predicted octanol–water partition coefficient (Wildman–Crippen LogP) is 2.36. The number of Topliss-reactive ketones (excluding diaryl/α,β-unsaturated/α-hetero) is 1. The van der Waals surface area contributed by atoms with Crippen LogP contribution in [0.2, 0.25) is 0 Å². The van der Waals surface area contributed by atoms with E-state index in [0.717, 1.165) is 15.2 Å². The fourth-order valence-electron chi connectivity index (χ4n) is 1.18. The molecule has 0 aliphatic heterocycles. The van der Waals surface area contributed by atoms with Gasteiger partial charge >= 0.3 is 0 Å². The van der Waals surface area contributed by atoms with E-state index in [-0.39, 0.29) is 12.5 Å². The van der Waals surface area contributed by atoms with Gasteiger partial charge in [0.05, 0.1) is 15.4 Å². The summed E-state index contributed by atoms with van der Waals surface area (Å²) in [5, 5.41) is 8.92. The van der Waals surface area contributed by atoms with Gasteiger partial charge in [-0.25, -0.2) is 0 Å². The normalized spacial score (nSPS) is 10.9. The first-order valence-corrected chi connectivity index (χ1v) is 6.40. The smallest absolute Gasteiger partial charge is 0.174 e. The molecule has 84 valence electrons. The molecule has 3 nitrogen and oxygen atoms in total. The molecule has 0 atom stereocenters. The van der Waals surface area contributed by atoms with Crippen LogP contribution in [-0.2, 0) is 0 Å². The number of ketones is 1. The molecule has 0 aliphatic rings. The van der Waals surface area contributed by atoms with Crippen LogP contribution >= 0.6 is 27.3 Å². The number of aliphatic hydroxyl groups is 1. The number of hydrogen-bond acceptors (Lipinski definition) is 4. The second-order valence-corrected chi connectivity index (χ2v) is 5.59. The molecule has 0 aromatic carbocycles. The molecule has 0 aliphatic carbocycles. The monoisotopic (exact) mass is 291 g/mol. The maximum atomic E-state index is 11.7. The number of carbonyl (C=O) groups excluding carboxylic acids is 1. The molecule has 1 N–H and O–H groups in total. The summed E-state index contributed by atoms with van der Waals surface area (Å²) >= 11 is 4.77. The molecule has 0 fully saturated rings. The molecule has 0 unspecified atom stereocenters. The molecule has 0 spiro atoms. The first kappa shape index (κ1) is 12.8. The Labute approximate surface area is 102 Å². The van der Waals surface area contributed by atoms with Crippen molar-refractivity contribution in [2.45, 2.75) is 13.3 Å². The van der Waals surface area contributed by atoms with Gasteiger partial charge in [0, 0.05) is 13.0 Å². The highest BCUT2D eigenvalue weighted by atomic mass is 79.9. The van der Waals surface area contributed by atoms with Crippen LogP contribution in [-0.4, -0.2) is 35.6 Å². The van der Waals surface area contributed by atoms with Crippen molar-refractivity contribution >= 4 is 33.0 Å². The first-order chi connectivity index (χ1) is 7.17.